The van der Waals surface area contributed by atoms with Crippen LogP contribution < -0.4 is 10.2 Å². The minimum Gasteiger partial charge on any atom is -0.481 e. The number of aliphatic carboxylic acids is 1. The number of fused-ring (bicyclic) bond motifs is 1. The molecule has 2 N–H and O–H groups in total. The third-order valence-electron chi connectivity index (χ3n) is 7.30. The minimum absolute atomic E-state index is 0.0349. The highest BCUT2D eigenvalue weighted by Gasteiger charge is 2.36. The van der Waals surface area contributed by atoms with E-state index in [4.69, 9.17) is 14.7 Å². The Kier molecular flexibility index (Phi) is 7.39. The molecule has 0 radical (unpaired) electrons. The van der Waals surface area contributed by atoms with Gasteiger partial charge >= 0.3 is 12.1 Å². The molecule has 7 nitrogen and oxygen atoms in total. The molecule has 1 aromatic carbocycles. The molecule has 10 heteroatoms. The Morgan fingerprint density at radius 3 is 2.68 bits per heavy atom. The highest BCUT2D eigenvalue weighted by molar-refractivity contribution is 5.71. The number of likely N-dealkylation sites (tertiary alicyclic amines) is 1. The highest BCUT2D eigenvalue weighted by Crippen LogP contribution is 2.41. The first-order chi connectivity index (χ1) is 17.8. The number of rotatable bonds is 8. The molecule has 3 aliphatic rings. The van der Waals surface area contributed by atoms with E-state index in [1.807, 2.05) is 17.0 Å². The van der Waals surface area contributed by atoms with Crippen LogP contribution in [0.5, 0.6) is 5.88 Å². The van der Waals surface area contributed by atoms with Crippen molar-refractivity contribution in [3.8, 4) is 5.88 Å². The van der Waals surface area contributed by atoms with Gasteiger partial charge in [0, 0.05) is 19.6 Å². The second kappa shape index (κ2) is 10.7. The van der Waals surface area contributed by atoms with Crippen LogP contribution in [0.3, 0.4) is 0 Å². The summed E-state index contributed by atoms with van der Waals surface area (Å²) in [7, 11) is 0. The molecule has 0 atom stereocenters. The molecule has 0 amide bonds. The molecule has 37 heavy (non-hydrogen) atoms. The molecular weight excluding hydrogens is 487 g/mol. The van der Waals surface area contributed by atoms with Crippen molar-refractivity contribution in [2.24, 2.45) is 5.92 Å². The maximum absolute atomic E-state index is 13.8. The van der Waals surface area contributed by atoms with Crippen LogP contribution >= 0.6 is 0 Å². The predicted molar refractivity (Wildman–Crippen MR) is 129 cm³/mol. The number of aromatic nitrogens is 1. The molecule has 0 spiro atoms. The topological polar surface area (TPSA) is 83.9 Å². The normalized spacial score (nSPS) is 18.9. The van der Waals surface area contributed by atoms with E-state index in [0.29, 0.717) is 47.9 Å². The van der Waals surface area contributed by atoms with Crippen LogP contribution in [0.4, 0.5) is 13.2 Å². The smallest absolute Gasteiger partial charge is 0.416 e. The number of carboxylic acids is 1. The Morgan fingerprint density at radius 1 is 1.16 bits per heavy atom. The number of pyridine rings is 1. The number of nitrogens with one attached hydrogen (secondary N) is 1. The largest absolute Gasteiger partial charge is 0.481 e. The molecule has 0 bridgehead atoms. The fourth-order valence-electron chi connectivity index (χ4n) is 5.28. The van der Waals surface area contributed by atoms with E-state index in [0.717, 1.165) is 37.8 Å². The van der Waals surface area contributed by atoms with Gasteiger partial charge in [0.05, 0.1) is 35.0 Å². The first-order valence-electron chi connectivity index (χ1n) is 12.6. The minimum atomic E-state index is -4.41. The Hall–Kier alpha value is -3.11. The predicted octanol–water partition coefficient (Wildman–Crippen LogP) is 5.12. The second-order valence-corrected chi connectivity index (χ2v) is 9.96. The lowest BCUT2D eigenvalue weighted by atomic mass is 9.81. The number of alkyl halides is 3. The standard InChI is InChI=1S/C27H30F3N3O4/c28-27(29,30)23-12-17(6-8-21(23)18-4-2-1-3-5-18)16-37-32-24-10-11-36-25-22(24)9-7-20(31-25)15-33-13-19(14-33)26(34)35/h6-10,12,18-19,32H,1-5,11,13-16H2,(H,34,35). The van der Waals surface area contributed by atoms with E-state index in [2.05, 4.69) is 10.5 Å². The van der Waals surface area contributed by atoms with Crippen molar-refractivity contribution in [1.82, 2.24) is 15.4 Å². The van der Waals surface area contributed by atoms with Crippen LogP contribution in [0.15, 0.2) is 36.4 Å². The van der Waals surface area contributed by atoms with Crippen molar-refractivity contribution in [3.63, 3.8) is 0 Å². The van der Waals surface area contributed by atoms with Crippen molar-refractivity contribution in [2.75, 3.05) is 19.7 Å². The van der Waals surface area contributed by atoms with Gasteiger partial charge in [-0.3, -0.25) is 20.0 Å². The molecule has 2 aliphatic heterocycles. The lowest BCUT2D eigenvalue weighted by Crippen LogP contribution is -2.49. The monoisotopic (exact) mass is 517 g/mol. The quantitative estimate of drug-likeness (QED) is 0.471. The van der Waals surface area contributed by atoms with E-state index in [1.165, 1.54) is 6.07 Å². The Bertz CT molecular complexity index is 1170. The zero-order valence-corrected chi connectivity index (χ0v) is 20.4. The molecule has 3 heterocycles. The molecule has 1 aromatic heterocycles. The summed E-state index contributed by atoms with van der Waals surface area (Å²) >= 11 is 0. The number of ether oxygens (including phenoxy) is 1. The van der Waals surface area contributed by atoms with Crippen LogP contribution in [-0.2, 0) is 29.0 Å². The summed E-state index contributed by atoms with van der Waals surface area (Å²) in [5.74, 6) is -0.730. The van der Waals surface area contributed by atoms with E-state index in [-0.39, 0.29) is 25.0 Å². The summed E-state index contributed by atoms with van der Waals surface area (Å²) in [6, 6.07) is 8.22. The maximum atomic E-state index is 13.8. The maximum Gasteiger partial charge on any atom is 0.416 e. The number of halogens is 3. The van der Waals surface area contributed by atoms with Crippen LogP contribution in [0.2, 0.25) is 0 Å². The number of carboxylic acid groups (broad SMARTS) is 1. The molecular formula is C27H30F3N3O4. The van der Waals surface area contributed by atoms with Crippen molar-refractivity contribution >= 4 is 11.7 Å². The summed E-state index contributed by atoms with van der Waals surface area (Å²) in [4.78, 5) is 23.1. The SMILES string of the molecule is O=C(O)C1CN(Cc2ccc3c(n2)OCC=C3NOCc2ccc(C3CCCCC3)c(C(F)(F)F)c2)C1. The van der Waals surface area contributed by atoms with Crippen LogP contribution in [-0.4, -0.2) is 40.7 Å². The van der Waals surface area contributed by atoms with Gasteiger partial charge in [-0.05, 0) is 54.2 Å². The van der Waals surface area contributed by atoms with Gasteiger partial charge in [0.2, 0.25) is 5.88 Å². The molecule has 1 saturated heterocycles. The van der Waals surface area contributed by atoms with E-state index >= 15 is 0 Å². The van der Waals surface area contributed by atoms with Crippen LogP contribution in [0.1, 0.15) is 66.0 Å². The molecule has 198 valence electrons. The van der Waals surface area contributed by atoms with Gasteiger partial charge in [-0.2, -0.15) is 13.2 Å². The second-order valence-electron chi connectivity index (χ2n) is 9.96. The van der Waals surface area contributed by atoms with Gasteiger partial charge in [-0.25, -0.2) is 4.98 Å². The van der Waals surface area contributed by atoms with Crippen molar-refractivity contribution in [3.05, 3.63) is 64.4 Å². The number of hydrogen-bond donors (Lipinski definition) is 2. The summed E-state index contributed by atoms with van der Waals surface area (Å²) in [6.45, 7) is 1.75. The van der Waals surface area contributed by atoms with Gasteiger partial charge in [0.25, 0.3) is 0 Å². The molecule has 1 saturated carbocycles. The summed E-state index contributed by atoms with van der Waals surface area (Å²) in [5.41, 5.74) is 5.20. The van der Waals surface area contributed by atoms with Crippen molar-refractivity contribution in [1.29, 1.82) is 0 Å². The van der Waals surface area contributed by atoms with Gasteiger partial charge in [0.1, 0.15) is 6.61 Å². The van der Waals surface area contributed by atoms with E-state index < -0.39 is 17.7 Å². The zero-order valence-electron chi connectivity index (χ0n) is 20.4. The highest BCUT2D eigenvalue weighted by atomic mass is 19.4. The molecule has 2 fully saturated rings. The molecule has 5 rings (SSSR count). The van der Waals surface area contributed by atoms with Crippen LogP contribution in [0, 0.1) is 5.92 Å². The van der Waals surface area contributed by atoms with Crippen molar-refractivity contribution in [2.45, 2.75) is 57.3 Å². The number of benzene rings is 1. The lowest BCUT2D eigenvalue weighted by molar-refractivity contribution is -0.147. The van der Waals surface area contributed by atoms with E-state index in [1.54, 1.807) is 18.2 Å². The average Bonchev–Trinajstić information content (AvgIpc) is 2.85. The summed E-state index contributed by atoms with van der Waals surface area (Å²) in [6.07, 6.45) is 1.99. The zero-order chi connectivity index (χ0) is 26.0. The third-order valence-corrected chi connectivity index (χ3v) is 7.30. The van der Waals surface area contributed by atoms with Crippen molar-refractivity contribution < 1.29 is 32.6 Å². The Balaban J connectivity index is 1.20. The summed E-state index contributed by atoms with van der Waals surface area (Å²) in [5, 5.41) is 9.03. The number of carbonyl (C=O) groups is 1. The third kappa shape index (κ3) is 5.91. The molecule has 2 aromatic rings. The van der Waals surface area contributed by atoms with Gasteiger partial charge in [0.15, 0.2) is 0 Å². The molecule has 0 unspecified atom stereocenters. The molecule has 1 aliphatic carbocycles. The number of nitrogens with zero attached hydrogens (tertiary/aromatic N) is 2. The Labute approximate surface area is 213 Å². The number of hydrogen-bond acceptors (Lipinski definition) is 6. The first kappa shape index (κ1) is 25.5. The summed E-state index contributed by atoms with van der Waals surface area (Å²) < 4.78 is 47.2. The Morgan fingerprint density at radius 2 is 1.95 bits per heavy atom. The number of hydroxylamine groups is 1. The lowest BCUT2D eigenvalue weighted by Gasteiger charge is -2.36. The van der Waals surface area contributed by atoms with Gasteiger partial charge in [-0.1, -0.05) is 31.4 Å². The fourth-order valence-corrected chi connectivity index (χ4v) is 5.28. The fraction of sp³-hybridized carbons (Fsp3) is 0.481. The van der Waals surface area contributed by atoms with Gasteiger partial charge < -0.3 is 9.84 Å². The first-order valence-corrected chi connectivity index (χ1v) is 12.6. The van der Waals surface area contributed by atoms with Crippen LogP contribution in [0.25, 0.3) is 5.70 Å². The average molecular weight is 518 g/mol. The van der Waals surface area contributed by atoms with Gasteiger partial charge in [-0.15, -0.1) is 0 Å². The van der Waals surface area contributed by atoms with E-state index in [9.17, 15) is 18.0 Å².